The van der Waals surface area contributed by atoms with Crippen LogP contribution in [0.2, 0.25) is 0 Å². The van der Waals surface area contributed by atoms with Gasteiger partial charge in [0.1, 0.15) is 11.4 Å². The molecule has 0 bridgehead atoms. The van der Waals surface area contributed by atoms with Gasteiger partial charge in [0, 0.05) is 13.1 Å². The van der Waals surface area contributed by atoms with Crippen molar-refractivity contribution in [3.8, 4) is 0 Å². The first-order valence-electron chi connectivity index (χ1n) is 8.92. The second kappa shape index (κ2) is 6.12. The summed E-state index contributed by atoms with van der Waals surface area (Å²) in [6.45, 7) is 0.959. The highest BCUT2D eigenvalue weighted by Crippen LogP contribution is 2.36. The topological polar surface area (TPSA) is 74.8 Å². The summed E-state index contributed by atoms with van der Waals surface area (Å²) < 4.78 is 25.9. The van der Waals surface area contributed by atoms with Crippen LogP contribution in [0.1, 0.15) is 42.5 Å². The van der Waals surface area contributed by atoms with Gasteiger partial charge < -0.3 is 4.90 Å². The number of carbonyl (C=O) groups is 2. The minimum absolute atomic E-state index is 0.00112. The molecule has 2 fully saturated rings. The number of fused-ring (bicyclic) bond motifs is 2. The Bertz CT molecular complexity index is 820. The Balaban J connectivity index is 1.49. The molecule has 2 heterocycles. The number of hydrogen-bond donors (Lipinski definition) is 0. The fourth-order valence-corrected chi connectivity index (χ4v) is 5.96. The predicted octanol–water partition coefficient (Wildman–Crippen LogP) is 1.87. The zero-order chi connectivity index (χ0) is 17.6. The molecule has 4 rings (SSSR count). The fourth-order valence-electron chi connectivity index (χ4n) is 4.44. The maximum absolute atomic E-state index is 12.7. The third-order valence-corrected chi connectivity index (χ3v) is 7.62. The predicted molar refractivity (Wildman–Crippen MR) is 91.3 cm³/mol. The molecule has 7 heteroatoms. The van der Waals surface area contributed by atoms with Gasteiger partial charge in [0.25, 0.3) is 15.9 Å². The Morgan fingerprint density at radius 2 is 1.80 bits per heavy atom. The van der Waals surface area contributed by atoms with E-state index in [1.807, 2.05) is 0 Å². The summed E-state index contributed by atoms with van der Waals surface area (Å²) in [5, 5.41) is 0. The van der Waals surface area contributed by atoms with Crippen molar-refractivity contribution in [1.29, 1.82) is 0 Å². The van der Waals surface area contributed by atoms with Crippen LogP contribution < -0.4 is 0 Å². The molecule has 1 aromatic carbocycles. The molecular weight excluding hydrogens is 340 g/mol. The normalized spacial score (nSPS) is 27.8. The number of piperidine rings is 1. The molecule has 1 saturated heterocycles. The molecule has 3 aliphatic rings. The Morgan fingerprint density at radius 3 is 2.56 bits per heavy atom. The first kappa shape index (κ1) is 16.6. The van der Waals surface area contributed by atoms with Crippen molar-refractivity contribution in [3.63, 3.8) is 0 Å². The average Bonchev–Trinajstić information content (AvgIpc) is 2.82. The van der Waals surface area contributed by atoms with Crippen molar-refractivity contribution in [2.24, 2.45) is 11.8 Å². The largest absolute Gasteiger partial charge is 0.341 e. The zero-order valence-electron chi connectivity index (χ0n) is 14.1. The van der Waals surface area contributed by atoms with Crippen molar-refractivity contribution in [2.45, 2.75) is 37.0 Å². The van der Waals surface area contributed by atoms with Gasteiger partial charge in [-0.05, 0) is 36.8 Å². The van der Waals surface area contributed by atoms with E-state index >= 15 is 0 Å². The number of nitrogens with zero attached hydrogens (tertiary/aromatic N) is 2. The molecule has 6 nitrogen and oxygen atoms in total. The highest BCUT2D eigenvalue weighted by molar-refractivity contribution is 7.90. The highest BCUT2D eigenvalue weighted by Gasteiger charge is 2.43. The molecule has 0 spiro atoms. The van der Waals surface area contributed by atoms with E-state index in [1.165, 1.54) is 31.4 Å². The van der Waals surface area contributed by atoms with Crippen molar-refractivity contribution < 1.29 is 18.0 Å². The van der Waals surface area contributed by atoms with Gasteiger partial charge in [0.2, 0.25) is 5.91 Å². The van der Waals surface area contributed by atoms with E-state index in [0.29, 0.717) is 24.9 Å². The first-order chi connectivity index (χ1) is 12.0. The van der Waals surface area contributed by atoms with E-state index in [1.54, 1.807) is 17.0 Å². The zero-order valence-corrected chi connectivity index (χ0v) is 14.9. The Kier molecular flexibility index (Phi) is 4.06. The Labute approximate surface area is 147 Å². The third-order valence-electron chi connectivity index (χ3n) is 5.83. The molecule has 1 aliphatic carbocycles. The second-order valence-corrected chi connectivity index (χ2v) is 9.08. The van der Waals surface area contributed by atoms with Crippen molar-refractivity contribution in [3.05, 3.63) is 29.8 Å². The van der Waals surface area contributed by atoms with Gasteiger partial charge in [-0.15, -0.1) is 0 Å². The molecule has 1 aromatic rings. The summed E-state index contributed by atoms with van der Waals surface area (Å²) in [5.41, 5.74) is 0.154. The number of rotatable bonds is 2. The van der Waals surface area contributed by atoms with E-state index in [4.69, 9.17) is 0 Å². The molecule has 0 unspecified atom stereocenters. The van der Waals surface area contributed by atoms with Crippen LogP contribution in [0.4, 0.5) is 0 Å². The van der Waals surface area contributed by atoms with Crippen molar-refractivity contribution in [1.82, 2.24) is 9.21 Å². The summed E-state index contributed by atoms with van der Waals surface area (Å²) in [4.78, 5) is 26.9. The number of benzene rings is 1. The maximum atomic E-state index is 12.7. The van der Waals surface area contributed by atoms with Gasteiger partial charge in [-0.1, -0.05) is 31.4 Å². The Morgan fingerprint density at radius 1 is 1.08 bits per heavy atom. The number of likely N-dealkylation sites (tertiary alicyclic amines) is 1. The number of hydrogen-bond acceptors (Lipinski definition) is 4. The van der Waals surface area contributed by atoms with Gasteiger partial charge >= 0.3 is 0 Å². The molecule has 0 radical (unpaired) electrons. The average molecular weight is 362 g/mol. The quantitative estimate of drug-likeness (QED) is 0.805. The van der Waals surface area contributed by atoms with Crippen molar-refractivity contribution in [2.75, 3.05) is 19.6 Å². The lowest BCUT2D eigenvalue weighted by Gasteiger charge is -2.41. The van der Waals surface area contributed by atoms with Crippen molar-refractivity contribution >= 4 is 21.8 Å². The summed E-state index contributed by atoms with van der Waals surface area (Å²) in [6, 6.07) is 6.13. The lowest BCUT2D eigenvalue weighted by molar-refractivity contribution is -0.134. The summed E-state index contributed by atoms with van der Waals surface area (Å²) in [7, 11) is -3.92. The van der Waals surface area contributed by atoms with E-state index in [2.05, 4.69) is 0 Å². The molecule has 2 aliphatic heterocycles. The van der Waals surface area contributed by atoms with E-state index < -0.39 is 22.5 Å². The number of amides is 2. The summed E-state index contributed by atoms with van der Waals surface area (Å²) in [6.07, 6.45) is 5.84. The van der Waals surface area contributed by atoms with Gasteiger partial charge in [0.15, 0.2) is 0 Å². The smallest absolute Gasteiger partial charge is 0.269 e. The minimum atomic E-state index is -3.92. The Hall–Kier alpha value is -1.89. The summed E-state index contributed by atoms with van der Waals surface area (Å²) >= 11 is 0. The molecule has 1 saturated carbocycles. The summed E-state index contributed by atoms with van der Waals surface area (Å²) in [5.74, 6) is 0.346. The standard InChI is InChI=1S/C18H22N2O4S/c21-17(19-10-9-13-5-1-2-6-14(13)11-19)12-20-18(22)15-7-3-4-8-16(15)25(20,23)24/h3-4,7-8,13-14H,1-2,5-6,9-12H2/t13-,14-/m1/s1. The van der Waals surface area contributed by atoms with Gasteiger partial charge in [0.05, 0.1) is 5.56 Å². The lowest BCUT2D eigenvalue weighted by atomic mass is 9.75. The number of sulfonamides is 1. The van der Waals surface area contributed by atoms with E-state index in [0.717, 1.165) is 17.1 Å². The third kappa shape index (κ3) is 2.74. The van der Waals surface area contributed by atoms with Crippen LogP contribution >= 0.6 is 0 Å². The first-order valence-corrected chi connectivity index (χ1v) is 10.4. The van der Waals surface area contributed by atoms with Crippen LogP contribution in [0.15, 0.2) is 29.2 Å². The van der Waals surface area contributed by atoms with Gasteiger partial charge in [-0.25, -0.2) is 12.7 Å². The molecule has 2 atom stereocenters. The number of carbonyl (C=O) groups excluding carboxylic acids is 2. The maximum Gasteiger partial charge on any atom is 0.269 e. The molecule has 0 N–H and O–H groups in total. The molecule has 0 aromatic heterocycles. The van der Waals surface area contributed by atoms with Crippen LogP contribution in [0.5, 0.6) is 0 Å². The van der Waals surface area contributed by atoms with Gasteiger partial charge in [-0.2, -0.15) is 0 Å². The van der Waals surface area contributed by atoms with E-state index in [9.17, 15) is 18.0 Å². The minimum Gasteiger partial charge on any atom is -0.341 e. The molecule has 134 valence electrons. The molecule has 25 heavy (non-hydrogen) atoms. The van der Waals surface area contributed by atoms with E-state index in [-0.39, 0.29) is 16.4 Å². The molecule has 2 amide bonds. The van der Waals surface area contributed by atoms with Crippen LogP contribution in [0.25, 0.3) is 0 Å². The monoisotopic (exact) mass is 362 g/mol. The van der Waals surface area contributed by atoms with Gasteiger partial charge in [-0.3, -0.25) is 9.59 Å². The SMILES string of the molecule is O=C(CN1C(=O)c2ccccc2S1(=O)=O)N1CC[C@H]2CCCC[C@@H]2C1. The highest BCUT2D eigenvalue weighted by atomic mass is 32.2. The lowest BCUT2D eigenvalue weighted by Crippen LogP contribution is -2.49. The van der Waals surface area contributed by atoms with Crippen LogP contribution in [-0.4, -0.2) is 49.1 Å². The van der Waals surface area contributed by atoms with Crippen LogP contribution in [0, 0.1) is 11.8 Å². The fraction of sp³-hybridized carbons (Fsp3) is 0.556. The van der Waals surface area contributed by atoms with Crippen LogP contribution in [-0.2, 0) is 14.8 Å². The molecular formula is C18H22N2O4S. The second-order valence-electron chi connectivity index (χ2n) is 7.25. The van der Waals surface area contributed by atoms with Crippen LogP contribution in [0.3, 0.4) is 0 Å².